The molecule has 4 rings (SSSR count). The summed E-state index contributed by atoms with van der Waals surface area (Å²) in [6.07, 6.45) is 1.90. The zero-order chi connectivity index (χ0) is 21.1. The maximum absolute atomic E-state index is 13.1. The number of fused-ring (bicyclic) bond motifs is 1. The number of benzene rings is 2. The maximum Gasteiger partial charge on any atom is 0.243 e. The third-order valence-electron chi connectivity index (χ3n) is 5.74. The highest BCUT2D eigenvalue weighted by Crippen LogP contribution is 2.29. The first-order valence-electron chi connectivity index (χ1n) is 10.2. The van der Waals surface area contributed by atoms with Crippen molar-refractivity contribution in [1.29, 1.82) is 0 Å². The van der Waals surface area contributed by atoms with E-state index < -0.39 is 10.0 Å². The molecular formula is C22H25N3O4S. The minimum atomic E-state index is -3.62. The second-order valence-corrected chi connectivity index (χ2v) is 9.69. The van der Waals surface area contributed by atoms with Gasteiger partial charge in [0.15, 0.2) is 0 Å². The Labute approximate surface area is 176 Å². The fraction of sp³-hybridized carbons (Fsp3) is 0.364. The second-order valence-electron chi connectivity index (χ2n) is 7.75. The summed E-state index contributed by atoms with van der Waals surface area (Å²) >= 11 is 0. The SMILES string of the molecule is O=C1CCc2cc(S(=O)(=O)N3CCC(C(=O)NCc4ccccc4)CC3)ccc2N1. The Bertz CT molecular complexity index is 1050. The van der Waals surface area contributed by atoms with E-state index in [0.717, 1.165) is 11.1 Å². The van der Waals surface area contributed by atoms with Crippen LogP contribution in [0.3, 0.4) is 0 Å². The highest BCUT2D eigenvalue weighted by atomic mass is 32.2. The summed E-state index contributed by atoms with van der Waals surface area (Å²) in [6, 6.07) is 14.6. The van der Waals surface area contributed by atoms with Crippen molar-refractivity contribution in [3.05, 3.63) is 59.7 Å². The summed E-state index contributed by atoms with van der Waals surface area (Å²) in [5, 5.41) is 5.72. The van der Waals surface area contributed by atoms with Crippen LogP contribution in [-0.4, -0.2) is 37.6 Å². The van der Waals surface area contributed by atoms with Gasteiger partial charge in [0, 0.05) is 37.7 Å². The number of hydrogen-bond donors (Lipinski definition) is 2. The molecule has 0 spiro atoms. The number of rotatable bonds is 5. The average molecular weight is 428 g/mol. The molecule has 0 bridgehead atoms. The van der Waals surface area contributed by atoms with Crippen molar-refractivity contribution < 1.29 is 18.0 Å². The maximum atomic E-state index is 13.1. The molecule has 8 heteroatoms. The first-order valence-corrected chi connectivity index (χ1v) is 11.6. The molecule has 1 fully saturated rings. The first-order chi connectivity index (χ1) is 14.4. The number of hydrogen-bond acceptors (Lipinski definition) is 4. The van der Waals surface area contributed by atoms with E-state index in [2.05, 4.69) is 10.6 Å². The van der Waals surface area contributed by atoms with Gasteiger partial charge in [-0.3, -0.25) is 9.59 Å². The number of anilines is 1. The lowest BCUT2D eigenvalue weighted by atomic mass is 9.97. The quantitative estimate of drug-likeness (QED) is 0.765. The molecule has 158 valence electrons. The minimum Gasteiger partial charge on any atom is -0.352 e. The molecule has 0 radical (unpaired) electrons. The Morgan fingerprint density at radius 3 is 2.53 bits per heavy atom. The van der Waals surface area contributed by atoms with Gasteiger partial charge in [-0.05, 0) is 48.6 Å². The lowest BCUT2D eigenvalue weighted by Gasteiger charge is -2.31. The number of sulfonamides is 1. The predicted octanol–water partition coefficient (Wildman–Crippen LogP) is 2.29. The third-order valence-corrected chi connectivity index (χ3v) is 7.64. The van der Waals surface area contributed by atoms with E-state index in [1.165, 1.54) is 4.31 Å². The van der Waals surface area contributed by atoms with Crippen LogP contribution in [0.1, 0.15) is 30.4 Å². The van der Waals surface area contributed by atoms with E-state index in [4.69, 9.17) is 0 Å². The van der Waals surface area contributed by atoms with Crippen LogP contribution in [0.5, 0.6) is 0 Å². The van der Waals surface area contributed by atoms with Crippen LogP contribution in [0.15, 0.2) is 53.4 Å². The van der Waals surface area contributed by atoms with Gasteiger partial charge in [-0.1, -0.05) is 30.3 Å². The van der Waals surface area contributed by atoms with E-state index >= 15 is 0 Å². The van der Waals surface area contributed by atoms with Crippen molar-refractivity contribution in [2.24, 2.45) is 5.92 Å². The molecule has 7 nitrogen and oxygen atoms in total. The summed E-state index contributed by atoms with van der Waals surface area (Å²) in [5.74, 6) is -0.259. The number of nitrogens with zero attached hydrogens (tertiary/aromatic N) is 1. The zero-order valence-electron chi connectivity index (χ0n) is 16.6. The summed E-state index contributed by atoms with van der Waals surface area (Å²) in [6.45, 7) is 1.11. The van der Waals surface area contributed by atoms with Crippen LogP contribution < -0.4 is 10.6 Å². The molecule has 1 saturated heterocycles. The molecular weight excluding hydrogens is 402 g/mol. The van der Waals surface area contributed by atoms with Crippen molar-refractivity contribution in [2.45, 2.75) is 37.1 Å². The highest BCUT2D eigenvalue weighted by Gasteiger charge is 2.32. The van der Waals surface area contributed by atoms with Crippen LogP contribution in [0.4, 0.5) is 5.69 Å². The highest BCUT2D eigenvalue weighted by molar-refractivity contribution is 7.89. The summed E-state index contributed by atoms with van der Waals surface area (Å²) < 4.78 is 27.6. The summed E-state index contributed by atoms with van der Waals surface area (Å²) in [7, 11) is -3.62. The third kappa shape index (κ3) is 4.39. The number of amides is 2. The van der Waals surface area contributed by atoms with Crippen LogP contribution in [0.2, 0.25) is 0 Å². The molecule has 0 unspecified atom stereocenters. The molecule has 2 amide bonds. The Morgan fingerprint density at radius 1 is 1.07 bits per heavy atom. The van der Waals surface area contributed by atoms with Crippen molar-refractivity contribution in [3.63, 3.8) is 0 Å². The zero-order valence-corrected chi connectivity index (χ0v) is 17.5. The van der Waals surface area contributed by atoms with Gasteiger partial charge in [0.25, 0.3) is 0 Å². The number of piperidine rings is 1. The number of nitrogens with one attached hydrogen (secondary N) is 2. The van der Waals surface area contributed by atoms with Crippen LogP contribution in [0, 0.1) is 5.92 Å². The normalized spacial score (nSPS) is 17.8. The molecule has 2 heterocycles. The van der Waals surface area contributed by atoms with Gasteiger partial charge < -0.3 is 10.6 Å². The Kier molecular flexibility index (Phi) is 5.87. The molecule has 2 aliphatic heterocycles. The monoisotopic (exact) mass is 427 g/mol. The molecule has 30 heavy (non-hydrogen) atoms. The van der Waals surface area contributed by atoms with Crippen LogP contribution >= 0.6 is 0 Å². The molecule has 0 atom stereocenters. The minimum absolute atomic E-state index is 0.0274. The lowest BCUT2D eigenvalue weighted by Crippen LogP contribution is -2.42. The number of carbonyl (C=O) groups is 2. The molecule has 0 aromatic heterocycles. The standard InChI is InChI=1S/C22H25N3O4S/c26-21-9-6-18-14-19(7-8-20(18)24-21)30(28,29)25-12-10-17(11-13-25)22(27)23-15-16-4-2-1-3-5-16/h1-5,7-8,14,17H,6,9-13,15H2,(H,23,27)(H,24,26). The Balaban J connectivity index is 1.36. The largest absolute Gasteiger partial charge is 0.352 e. The molecule has 2 aliphatic rings. The summed E-state index contributed by atoms with van der Waals surface area (Å²) in [4.78, 5) is 24.2. The van der Waals surface area contributed by atoms with Gasteiger partial charge in [0.05, 0.1) is 4.90 Å². The van der Waals surface area contributed by atoms with E-state index in [1.54, 1.807) is 18.2 Å². The molecule has 2 N–H and O–H groups in total. The van der Waals surface area contributed by atoms with Crippen molar-refractivity contribution >= 4 is 27.5 Å². The predicted molar refractivity (Wildman–Crippen MR) is 113 cm³/mol. The van der Waals surface area contributed by atoms with Crippen molar-refractivity contribution in [2.75, 3.05) is 18.4 Å². The van der Waals surface area contributed by atoms with E-state index in [9.17, 15) is 18.0 Å². The second kappa shape index (κ2) is 8.57. The van der Waals surface area contributed by atoms with Crippen LogP contribution in [0.25, 0.3) is 0 Å². The fourth-order valence-corrected chi connectivity index (χ4v) is 5.48. The average Bonchev–Trinajstić information content (AvgIpc) is 2.77. The summed E-state index contributed by atoms with van der Waals surface area (Å²) in [5.41, 5.74) is 2.55. The van der Waals surface area contributed by atoms with Gasteiger partial charge in [-0.15, -0.1) is 0 Å². The Hall–Kier alpha value is -2.71. The topological polar surface area (TPSA) is 95.6 Å². The Morgan fingerprint density at radius 2 is 1.80 bits per heavy atom. The van der Waals surface area contributed by atoms with Gasteiger partial charge in [-0.2, -0.15) is 4.31 Å². The van der Waals surface area contributed by atoms with E-state index in [1.807, 2.05) is 30.3 Å². The molecule has 0 aliphatic carbocycles. The van der Waals surface area contributed by atoms with Crippen LogP contribution in [-0.2, 0) is 32.6 Å². The first kappa shape index (κ1) is 20.6. The fourth-order valence-electron chi connectivity index (χ4n) is 3.96. The van der Waals surface area contributed by atoms with Gasteiger partial charge >= 0.3 is 0 Å². The van der Waals surface area contributed by atoms with E-state index in [-0.39, 0.29) is 22.6 Å². The molecule has 0 saturated carbocycles. The smallest absolute Gasteiger partial charge is 0.243 e. The van der Waals surface area contributed by atoms with Gasteiger partial charge in [-0.25, -0.2) is 8.42 Å². The van der Waals surface area contributed by atoms with E-state index in [0.29, 0.717) is 51.0 Å². The number of carbonyl (C=O) groups excluding carboxylic acids is 2. The van der Waals surface area contributed by atoms with Crippen molar-refractivity contribution in [1.82, 2.24) is 9.62 Å². The number of aryl methyl sites for hydroxylation is 1. The van der Waals surface area contributed by atoms with Crippen molar-refractivity contribution in [3.8, 4) is 0 Å². The van der Waals surface area contributed by atoms with Gasteiger partial charge in [0.1, 0.15) is 0 Å². The molecule has 2 aromatic carbocycles. The lowest BCUT2D eigenvalue weighted by molar-refractivity contribution is -0.126. The van der Waals surface area contributed by atoms with Gasteiger partial charge in [0.2, 0.25) is 21.8 Å². The molecule has 2 aromatic rings.